The zero-order valence-corrected chi connectivity index (χ0v) is 8.85. The first-order chi connectivity index (χ1) is 7.75. The number of rotatable bonds is 2. The zero-order chi connectivity index (χ0) is 11.4. The second-order valence-corrected chi connectivity index (χ2v) is 3.34. The maximum atomic E-state index is 11.7. The minimum absolute atomic E-state index is 0.265. The van der Waals surface area contributed by atoms with E-state index < -0.39 is 0 Å². The summed E-state index contributed by atoms with van der Waals surface area (Å²) in [4.78, 5) is 15.5. The number of amides is 1. The van der Waals surface area contributed by atoms with E-state index in [0.29, 0.717) is 16.4 Å². The van der Waals surface area contributed by atoms with E-state index >= 15 is 0 Å². The fraction of sp³-hybridized carbons (Fsp3) is 0. The topological polar surface area (TPSA) is 67.8 Å². The van der Waals surface area contributed by atoms with Crippen LogP contribution in [0.5, 0.6) is 0 Å². The van der Waals surface area contributed by atoms with Crippen LogP contribution in [0.15, 0.2) is 36.8 Å². The SMILES string of the molecule is O=C(Nc1ccc(Cl)nc1)c1ccnnc1. The molecule has 0 aliphatic carbocycles. The van der Waals surface area contributed by atoms with Gasteiger partial charge in [0, 0.05) is 0 Å². The van der Waals surface area contributed by atoms with E-state index in [9.17, 15) is 4.79 Å². The van der Waals surface area contributed by atoms with Crippen LogP contribution < -0.4 is 5.32 Å². The average molecular weight is 235 g/mol. The third-order valence-electron chi connectivity index (χ3n) is 1.83. The number of nitrogens with zero attached hydrogens (tertiary/aromatic N) is 3. The smallest absolute Gasteiger partial charge is 0.257 e. The maximum absolute atomic E-state index is 11.7. The first-order valence-corrected chi connectivity index (χ1v) is 4.83. The van der Waals surface area contributed by atoms with E-state index in [1.807, 2.05) is 0 Å². The van der Waals surface area contributed by atoms with Gasteiger partial charge in [0.1, 0.15) is 5.15 Å². The van der Waals surface area contributed by atoms with Gasteiger partial charge in [-0.15, -0.1) is 0 Å². The molecule has 2 aromatic rings. The number of aromatic nitrogens is 3. The Morgan fingerprint density at radius 2 is 2.06 bits per heavy atom. The van der Waals surface area contributed by atoms with Crippen molar-refractivity contribution < 1.29 is 4.79 Å². The summed E-state index contributed by atoms with van der Waals surface area (Å²) >= 11 is 5.62. The van der Waals surface area contributed by atoms with Crippen LogP contribution in [-0.2, 0) is 0 Å². The number of hydrogen-bond donors (Lipinski definition) is 1. The van der Waals surface area contributed by atoms with Crippen molar-refractivity contribution in [3.8, 4) is 0 Å². The van der Waals surface area contributed by atoms with E-state index in [1.165, 1.54) is 18.6 Å². The molecule has 0 saturated carbocycles. The van der Waals surface area contributed by atoms with Crippen LogP contribution >= 0.6 is 11.6 Å². The minimum atomic E-state index is -0.265. The fourth-order valence-electron chi connectivity index (χ4n) is 1.08. The Balaban J connectivity index is 2.11. The second kappa shape index (κ2) is 4.67. The Hall–Kier alpha value is -2.01. The molecule has 0 aliphatic heterocycles. The first-order valence-electron chi connectivity index (χ1n) is 4.45. The van der Waals surface area contributed by atoms with E-state index in [0.717, 1.165) is 0 Å². The van der Waals surface area contributed by atoms with Gasteiger partial charge in [0.05, 0.1) is 29.8 Å². The molecule has 16 heavy (non-hydrogen) atoms. The number of anilines is 1. The highest BCUT2D eigenvalue weighted by Gasteiger charge is 2.05. The first kappa shape index (κ1) is 10.5. The summed E-state index contributed by atoms with van der Waals surface area (Å²) in [7, 11) is 0. The van der Waals surface area contributed by atoms with Crippen molar-refractivity contribution in [3.63, 3.8) is 0 Å². The quantitative estimate of drug-likeness (QED) is 0.805. The molecular formula is C10H7ClN4O. The van der Waals surface area contributed by atoms with Gasteiger partial charge in [0.25, 0.3) is 5.91 Å². The lowest BCUT2D eigenvalue weighted by molar-refractivity contribution is 0.102. The molecule has 0 fully saturated rings. The summed E-state index contributed by atoms with van der Waals surface area (Å²) in [5.74, 6) is -0.265. The molecule has 0 atom stereocenters. The van der Waals surface area contributed by atoms with Crippen LogP contribution in [-0.4, -0.2) is 21.1 Å². The van der Waals surface area contributed by atoms with Gasteiger partial charge >= 0.3 is 0 Å². The normalized spacial score (nSPS) is 9.81. The number of carbonyl (C=O) groups excluding carboxylic acids is 1. The van der Waals surface area contributed by atoms with Crippen molar-refractivity contribution in [3.05, 3.63) is 47.5 Å². The van der Waals surface area contributed by atoms with Gasteiger partial charge < -0.3 is 5.32 Å². The lowest BCUT2D eigenvalue weighted by atomic mass is 10.3. The predicted octanol–water partition coefficient (Wildman–Crippen LogP) is 1.78. The van der Waals surface area contributed by atoms with Crippen molar-refractivity contribution in [1.82, 2.24) is 15.2 Å². The van der Waals surface area contributed by atoms with Crippen LogP contribution in [0.2, 0.25) is 5.15 Å². The fourth-order valence-corrected chi connectivity index (χ4v) is 1.19. The molecular weight excluding hydrogens is 228 g/mol. The highest BCUT2D eigenvalue weighted by atomic mass is 35.5. The molecule has 1 N–H and O–H groups in total. The van der Waals surface area contributed by atoms with E-state index in [1.54, 1.807) is 18.2 Å². The van der Waals surface area contributed by atoms with Crippen molar-refractivity contribution in [2.75, 3.05) is 5.32 Å². The van der Waals surface area contributed by atoms with Gasteiger partial charge in [-0.1, -0.05) is 11.6 Å². The predicted molar refractivity (Wildman–Crippen MR) is 59.2 cm³/mol. The molecule has 0 bridgehead atoms. The molecule has 80 valence electrons. The molecule has 0 aliphatic rings. The summed E-state index contributed by atoms with van der Waals surface area (Å²) in [6, 6.07) is 4.84. The lowest BCUT2D eigenvalue weighted by Gasteiger charge is -2.03. The molecule has 5 nitrogen and oxygen atoms in total. The Morgan fingerprint density at radius 1 is 1.19 bits per heavy atom. The number of pyridine rings is 1. The molecule has 0 saturated heterocycles. The number of hydrogen-bond acceptors (Lipinski definition) is 4. The summed E-state index contributed by atoms with van der Waals surface area (Å²) in [6.07, 6.45) is 4.32. The molecule has 2 rings (SSSR count). The Bertz CT molecular complexity index is 486. The van der Waals surface area contributed by atoms with E-state index in [4.69, 9.17) is 11.6 Å². The molecule has 0 unspecified atom stereocenters. The monoisotopic (exact) mass is 234 g/mol. The second-order valence-electron chi connectivity index (χ2n) is 2.95. The third-order valence-corrected chi connectivity index (χ3v) is 2.06. The summed E-state index contributed by atoms with van der Waals surface area (Å²) in [5, 5.41) is 10.2. The van der Waals surface area contributed by atoms with Crippen LogP contribution in [0.3, 0.4) is 0 Å². The lowest BCUT2D eigenvalue weighted by Crippen LogP contribution is -2.12. The van der Waals surface area contributed by atoms with Crippen molar-refractivity contribution in [2.24, 2.45) is 0 Å². The van der Waals surface area contributed by atoms with Crippen LogP contribution in [0, 0.1) is 0 Å². The van der Waals surface area contributed by atoms with Crippen molar-refractivity contribution in [1.29, 1.82) is 0 Å². The zero-order valence-electron chi connectivity index (χ0n) is 8.09. The third kappa shape index (κ3) is 2.52. The highest BCUT2D eigenvalue weighted by molar-refractivity contribution is 6.29. The van der Waals surface area contributed by atoms with Crippen molar-refractivity contribution in [2.45, 2.75) is 0 Å². The minimum Gasteiger partial charge on any atom is -0.321 e. The Kier molecular flexibility index (Phi) is 3.07. The average Bonchev–Trinajstić information content (AvgIpc) is 2.33. The molecule has 1 amide bonds. The molecule has 2 aromatic heterocycles. The standard InChI is InChI=1S/C10H7ClN4O/c11-9-2-1-8(6-12-9)15-10(16)7-3-4-13-14-5-7/h1-6H,(H,15,16). The molecule has 0 aromatic carbocycles. The van der Waals surface area contributed by atoms with Gasteiger partial charge in [-0.2, -0.15) is 10.2 Å². The van der Waals surface area contributed by atoms with Crippen molar-refractivity contribution >= 4 is 23.2 Å². The highest BCUT2D eigenvalue weighted by Crippen LogP contribution is 2.10. The molecule has 6 heteroatoms. The van der Waals surface area contributed by atoms with Crippen LogP contribution in [0.1, 0.15) is 10.4 Å². The Labute approximate surface area is 96.5 Å². The number of nitrogens with one attached hydrogen (secondary N) is 1. The summed E-state index contributed by atoms with van der Waals surface area (Å²) in [6.45, 7) is 0. The summed E-state index contributed by atoms with van der Waals surface area (Å²) in [5.41, 5.74) is 1.01. The molecule has 0 spiro atoms. The number of halogens is 1. The Morgan fingerprint density at radius 3 is 2.69 bits per heavy atom. The van der Waals surface area contributed by atoms with Gasteiger partial charge in [0.2, 0.25) is 0 Å². The van der Waals surface area contributed by atoms with E-state index in [2.05, 4.69) is 20.5 Å². The van der Waals surface area contributed by atoms with Gasteiger partial charge in [0.15, 0.2) is 0 Å². The van der Waals surface area contributed by atoms with Crippen LogP contribution in [0.25, 0.3) is 0 Å². The molecule has 2 heterocycles. The molecule has 0 radical (unpaired) electrons. The van der Waals surface area contributed by atoms with Crippen LogP contribution in [0.4, 0.5) is 5.69 Å². The van der Waals surface area contributed by atoms with Gasteiger partial charge in [-0.3, -0.25) is 4.79 Å². The summed E-state index contributed by atoms with van der Waals surface area (Å²) < 4.78 is 0. The maximum Gasteiger partial charge on any atom is 0.257 e. The number of carbonyl (C=O) groups is 1. The largest absolute Gasteiger partial charge is 0.321 e. The van der Waals surface area contributed by atoms with Gasteiger partial charge in [-0.25, -0.2) is 4.98 Å². The van der Waals surface area contributed by atoms with Gasteiger partial charge in [-0.05, 0) is 18.2 Å². The van der Waals surface area contributed by atoms with E-state index in [-0.39, 0.29) is 5.91 Å².